The molecule has 0 aliphatic carbocycles. The van der Waals surface area contributed by atoms with Crippen molar-refractivity contribution in [3.63, 3.8) is 0 Å². The van der Waals surface area contributed by atoms with Gasteiger partial charge in [0.2, 0.25) is 0 Å². The molecule has 9 nitrogen and oxygen atoms in total. The zero-order chi connectivity index (χ0) is 23.0. The van der Waals surface area contributed by atoms with Crippen LogP contribution >= 0.6 is 24.0 Å². The Labute approximate surface area is 208 Å². The van der Waals surface area contributed by atoms with Gasteiger partial charge in [-0.05, 0) is 58.7 Å². The number of nitrogens with zero attached hydrogens (tertiary/aromatic N) is 2. The van der Waals surface area contributed by atoms with Crippen molar-refractivity contribution in [1.29, 1.82) is 0 Å². The average Bonchev–Trinajstić information content (AvgIpc) is 3.09. The highest BCUT2D eigenvalue weighted by Crippen LogP contribution is 2.13. The zero-order valence-electron chi connectivity index (χ0n) is 19.8. The fraction of sp³-hybridized carbons (Fsp3) is 0.591. The Kier molecular flexibility index (Phi) is 11.0. The van der Waals surface area contributed by atoms with E-state index in [-0.39, 0.29) is 42.1 Å². The van der Waals surface area contributed by atoms with E-state index < -0.39 is 11.7 Å². The SMILES string of the molecule is CN=C(NCc1ccc(NC(=O)NC(C)C)cc1)N1CCC(NC(=O)OC(C)(C)C)C1.I. The van der Waals surface area contributed by atoms with Crippen LogP contribution in [0.3, 0.4) is 0 Å². The Bertz CT molecular complexity index is 777. The number of likely N-dealkylation sites (tertiary alicyclic amines) is 1. The van der Waals surface area contributed by atoms with E-state index in [1.807, 2.05) is 58.9 Å². The Morgan fingerprint density at radius 2 is 1.88 bits per heavy atom. The molecule has 1 fully saturated rings. The molecule has 1 atom stereocenters. The summed E-state index contributed by atoms with van der Waals surface area (Å²) < 4.78 is 5.33. The summed E-state index contributed by atoms with van der Waals surface area (Å²) in [5.41, 5.74) is 1.30. The fourth-order valence-electron chi connectivity index (χ4n) is 3.19. The van der Waals surface area contributed by atoms with Gasteiger partial charge in [-0.2, -0.15) is 0 Å². The molecule has 1 saturated heterocycles. The van der Waals surface area contributed by atoms with Gasteiger partial charge < -0.3 is 30.9 Å². The fourth-order valence-corrected chi connectivity index (χ4v) is 3.19. The molecule has 4 N–H and O–H groups in total. The minimum atomic E-state index is -0.511. The third kappa shape index (κ3) is 9.92. The number of rotatable bonds is 5. The highest BCUT2D eigenvalue weighted by Gasteiger charge is 2.27. The normalized spacial score (nSPS) is 16.3. The molecule has 1 unspecified atom stereocenters. The van der Waals surface area contributed by atoms with Crippen molar-refractivity contribution in [2.75, 3.05) is 25.5 Å². The van der Waals surface area contributed by atoms with Crippen molar-refractivity contribution in [3.8, 4) is 0 Å². The van der Waals surface area contributed by atoms with E-state index >= 15 is 0 Å². The van der Waals surface area contributed by atoms with Crippen LogP contribution in [-0.2, 0) is 11.3 Å². The molecule has 0 saturated carbocycles. The lowest BCUT2D eigenvalue weighted by Gasteiger charge is -2.23. The molecule has 1 aliphatic heterocycles. The summed E-state index contributed by atoms with van der Waals surface area (Å²) in [5.74, 6) is 0.784. The molecule has 180 valence electrons. The lowest BCUT2D eigenvalue weighted by Crippen LogP contribution is -2.44. The number of alkyl carbamates (subject to hydrolysis) is 1. The predicted molar refractivity (Wildman–Crippen MR) is 139 cm³/mol. The molecule has 32 heavy (non-hydrogen) atoms. The molecule has 2 rings (SSSR count). The largest absolute Gasteiger partial charge is 0.444 e. The molecule has 0 radical (unpaired) electrons. The highest BCUT2D eigenvalue weighted by molar-refractivity contribution is 14.0. The number of urea groups is 1. The molecular formula is C22H37IN6O3. The molecule has 1 aliphatic rings. The minimum Gasteiger partial charge on any atom is -0.444 e. The van der Waals surface area contributed by atoms with E-state index in [2.05, 4.69) is 31.2 Å². The van der Waals surface area contributed by atoms with Crippen LogP contribution in [-0.4, -0.2) is 60.8 Å². The summed E-state index contributed by atoms with van der Waals surface area (Å²) in [7, 11) is 1.75. The predicted octanol–water partition coefficient (Wildman–Crippen LogP) is 3.51. The standard InChI is InChI=1S/C22H36N6O3.HI/c1-15(2)25-20(29)26-17-9-7-16(8-10-17)13-24-19(23-6)28-12-11-18(14-28)27-21(30)31-22(3,4)5;/h7-10,15,18H,11-14H2,1-6H3,(H,23,24)(H,27,30)(H2,25,26,29);1H. The van der Waals surface area contributed by atoms with Crippen LogP contribution in [0.25, 0.3) is 0 Å². The summed E-state index contributed by atoms with van der Waals surface area (Å²) in [5, 5.41) is 11.9. The molecule has 3 amide bonds. The minimum absolute atomic E-state index is 0. The summed E-state index contributed by atoms with van der Waals surface area (Å²) in [6.07, 6.45) is 0.441. The molecule has 0 spiro atoms. The third-order valence-corrected chi connectivity index (χ3v) is 4.50. The van der Waals surface area contributed by atoms with Gasteiger partial charge in [-0.25, -0.2) is 9.59 Å². The summed E-state index contributed by atoms with van der Waals surface area (Å²) in [6.45, 7) is 11.5. The van der Waals surface area contributed by atoms with Crippen LogP contribution in [0.2, 0.25) is 0 Å². The Morgan fingerprint density at radius 3 is 2.44 bits per heavy atom. The van der Waals surface area contributed by atoms with Gasteiger partial charge in [0.15, 0.2) is 5.96 Å². The van der Waals surface area contributed by atoms with Crippen LogP contribution in [0.4, 0.5) is 15.3 Å². The van der Waals surface area contributed by atoms with Crippen LogP contribution < -0.4 is 21.3 Å². The number of halogens is 1. The second-order valence-electron chi connectivity index (χ2n) is 8.93. The summed E-state index contributed by atoms with van der Waals surface area (Å²) in [6, 6.07) is 7.55. The number of aliphatic imine (C=N–C) groups is 1. The first-order chi connectivity index (χ1) is 14.6. The smallest absolute Gasteiger partial charge is 0.407 e. The van der Waals surface area contributed by atoms with Crippen LogP contribution in [0.1, 0.15) is 46.6 Å². The van der Waals surface area contributed by atoms with Gasteiger partial charge in [0.05, 0.1) is 6.04 Å². The number of nitrogens with one attached hydrogen (secondary N) is 4. The van der Waals surface area contributed by atoms with Gasteiger partial charge in [0, 0.05) is 38.4 Å². The van der Waals surface area contributed by atoms with Gasteiger partial charge in [-0.3, -0.25) is 4.99 Å². The van der Waals surface area contributed by atoms with E-state index in [0.717, 1.165) is 30.2 Å². The van der Waals surface area contributed by atoms with E-state index in [9.17, 15) is 9.59 Å². The molecule has 10 heteroatoms. The number of carbonyl (C=O) groups excluding carboxylic acids is 2. The maximum absolute atomic E-state index is 12.0. The molecule has 0 bridgehead atoms. The number of hydrogen-bond donors (Lipinski definition) is 4. The lowest BCUT2D eigenvalue weighted by molar-refractivity contribution is 0.0507. The zero-order valence-corrected chi connectivity index (χ0v) is 22.2. The molecule has 1 aromatic carbocycles. The van der Waals surface area contributed by atoms with Crippen molar-refractivity contribution in [1.82, 2.24) is 20.9 Å². The first-order valence-corrected chi connectivity index (χ1v) is 10.7. The van der Waals surface area contributed by atoms with Gasteiger partial charge in [-0.15, -0.1) is 24.0 Å². The maximum atomic E-state index is 12.0. The second-order valence-corrected chi connectivity index (χ2v) is 8.93. The van der Waals surface area contributed by atoms with E-state index in [1.54, 1.807) is 7.05 Å². The van der Waals surface area contributed by atoms with Crippen molar-refractivity contribution in [2.45, 2.75) is 65.3 Å². The van der Waals surface area contributed by atoms with Crippen molar-refractivity contribution in [2.24, 2.45) is 4.99 Å². The molecule has 0 aromatic heterocycles. The topological polar surface area (TPSA) is 107 Å². The number of benzene rings is 1. The lowest BCUT2D eigenvalue weighted by atomic mass is 10.2. The van der Waals surface area contributed by atoms with Crippen molar-refractivity contribution < 1.29 is 14.3 Å². The number of carbonyl (C=O) groups is 2. The first kappa shape index (κ1) is 27.8. The Morgan fingerprint density at radius 1 is 1.22 bits per heavy atom. The number of anilines is 1. The number of amides is 3. The van der Waals surface area contributed by atoms with Gasteiger partial charge >= 0.3 is 12.1 Å². The first-order valence-electron chi connectivity index (χ1n) is 10.7. The Balaban J connectivity index is 0.00000512. The Hall–Kier alpha value is -2.24. The van der Waals surface area contributed by atoms with Crippen molar-refractivity contribution >= 4 is 47.7 Å². The van der Waals surface area contributed by atoms with E-state index in [0.29, 0.717) is 13.1 Å². The number of ether oxygens (including phenoxy) is 1. The van der Waals surface area contributed by atoms with E-state index in [4.69, 9.17) is 4.74 Å². The van der Waals surface area contributed by atoms with Gasteiger partial charge in [0.25, 0.3) is 0 Å². The monoisotopic (exact) mass is 560 g/mol. The molecule has 1 aromatic rings. The van der Waals surface area contributed by atoms with Gasteiger partial charge in [0.1, 0.15) is 5.60 Å². The number of hydrogen-bond acceptors (Lipinski definition) is 4. The van der Waals surface area contributed by atoms with Crippen LogP contribution in [0.15, 0.2) is 29.3 Å². The molecule has 1 heterocycles. The third-order valence-electron chi connectivity index (χ3n) is 4.50. The molecular weight excluding hydrogens is 523 g/mol. The highest BCUT2D eigenvalue weighted by atomic mass is 127. The average molecular weight is 560 g/mol. The quantitative estimate of drug-likeness (QED) is 0.251. The number of guanidine groups is 1. The van der Waals surface area contributed by atoms with Gasteiger partial charge in [-0.1, -0.05) is 12.1 Å². The summed E-state index contributed by atoms with van der Waals surface area (Å²) in [4.78, 5) is 30.3. The summed E-state index contributed by atoms with van der Waals surface area (Å²) >= 11 is 0. The maximum Gasteiger partial charge on any atom is 0.407 e. The van der Waals surface area contributed by atoms with Crippen LogP contribution in [0.5, 0.6) is 0 Å². The van der Waals surface area contributed by atoms with E-state index in [1.165, 1.54) is 0 Å². The van der Waals surface area contributed by atoms with Crippen LogP contribution in [0, 0.1) is 0 Å². The van der Waals surface area contributed by atoms with Crippen molar-refractivity contribution in [3.05, 3.63) is 29.8 Å². The second kappa shape index (κ2) is 12.7.